The van der Waals surface area contributed by atoms with E-state index in [1.807, 2.05) is 23.1 Å². The molecular weight excluding hydrogens is 294 g/mol. The standard InChI is InChI=1S/C18H21NO4/c1-13(2)10-19(18(20)15-5-6-21-12-15)11-14-3-4-16-17(9-14)23-8-7-22-16/h3-6,9,12-13H,7-8,10-11H2,1-2H3. The minimum atomic E-state index is -0.0256. The van der Waals surface area contributed by atoms with Crippen LogP contribution < -0.4 is 9.47 Å². The van der Waals surface area contributed by atoms with Gasteiger partial charge in [-0.3, -0.25) is 4.79 Å². The first-order valence-corrected chi connectivity index (χ1v) is 7.83. The molecule has 5 heteroatoms. The molecule has 0 N–H and O–H groups in total. The Kier molecular flexibility index (Phi) is 4.55. The second-order valence-corrected chi connectivity index (χ2v) is 6.07. The molecule has 0 fully saturated rings. The van der Waals surface area contributed by atoms with E-state index in [4.69, 9.17) is 13.9 Å². The van der Waals surface area contributed by atoms with Crippen LogP contribution in [0.1, 0.15) is 29.8 Å². The molecule has 1 aromatic heterocycles. The molecule has 0 atom stereocenters. The summed E-state index contributed by atoms with van der Waals surface area (Å²) in [5, 5.41) is 0. The van der Waals surface area contributed by atoms with Crippen molar-refractivity contribution in [3.05, 3.63) is 47.9 Å². The van der Waals surface area contributed by atoms with Crippen LogP contribution in [0.3, 0.4) is 0 Å². The summed E-state index contributed by atoms with van der Waals surface area (Å²) in [4.78, 5) is 14.5. The van der Waals surface area contributed by atoms with E-state index >= 15 is 0 Å². The highest BCUT2D eigenvalue weighted by Crippen LogP contribution is 2.31. The monoisotopic (exact) mass is 315 g/mol. The van der Waals surface area contributed by atoms with Gasteiger partial charge >= 0.3 is 0 Å². The normalized spacial score (nSPS) is 13.2. The van der Waals surface area contributed by atoms with Gasteiger partial charge in [-0.25, -0.2) is 0 Å². The van der Waals surface area contributed by atoms with Crippen molar-refractivity contribution in [2.75, 3.05) is 19.8 Å². The first-order chi connectivity index (χ1) is 11.1. The average Bonchev–Trinajstić information content (AvgIpc) is 3.07. The topological polar surface area (TPSA) is 51.9 Å². The third kappa shape index (κ3) is 3.67. The van der Waals surface area contributed by atoms with Gasteiger partial charge in [0.15, 0.2) is 11.5 Å². The van der Waals surface area contributed by atoms with Crippen molar-refractivity contribution in [3.63, 3.8) is 0 Å². The van der Waals surface area contributed by atoms with Gasteiger partial charge in [0.2, 0.25) is 0 Å². The van der Waals surface area contributed by atoms with E-state index in [9.17, 15) is 4.79 Å². The van der Waals surface area contributed by atoms with Crippen molar-refractivity contribution in [2.24, 2.45) is 5.92 Å². The lowest BCUT2D eigenvalue weighted by atomic mass is 10.1. The number of furan rings is 1. The number of nitrogens with zero attached hydrogens (tertiary/aromatic N) is 1. The molecule has 1 aliphatic rings. The van der Waals surface area contributed by atoms with Gasteiger partial charge in [0, 0.05) is 13.1 Å². The fourth-order valence-electron chi connectivity index (χ4n) is 2.64. The number of carbonyl (C=O) groups excluding carboxylic acids is 1. The Bertz CT molecular complexity index is 664. The smallest absolute Gasteiger partial charge is 0.257 e. The molecule has 5 nitrogen and oxygen atoms in total. The lowest BCUT2D eigenvalue weighted by molar-refractivity contribution is 0.0721. The van der Waals surface area contributed by atoms with Gasteiger partial charge in [0.05, 0.1) is 11.8 Å². The largest absolute Gasteiger partial charge is 0.486 e. The molecule has 1 aromatic carbocycles. The van der Waals surface area contributed by atoms with Gasteiger partial charge in [0.25, 0.3) is 5.91 Å². The predicted molar refractivity (Wildman–Crippen MR) is 85.7 cm³/mol. The van der Waals surface area contributed by atoms with Crippen LogP contribution in [0, 0.1) is 5.92 Å². The molecule has 0 saturated heterocycles. The maximum atomic E-state index is 12.6. The molecule has 2 heterocycles. The summed E-state index contributed by atoms with van der Waals surface area (Å²) < 4.78 is 16.2. The lowest BCUT2D eigenvalue weighted by Crippen LogP contribution is -2.33. The molecule has 0 spiro atoms. The molecule has 1 aliphatic heterocycles. The Morgan fingerprint density at radius 3 is 2.65 bits per heavy atom. The molecule has 0 bridgehead atoms. The van der Waals surface area contributed by atoms with E-state index in [-0.39, 0.29) is 5.91 Å². The van der Waals surface area contributed by atoms with Gasteiger partial charge in [-0.15, -0.1) is 0 Å². The number of rotatable bonds is 5. The highest BCUT2D eigenvalue weighted by molar-refractivity contribution is 5.93. The number of ether oxygens (including phenoxy) is 2. The summed E-state index contributed by atoms with van der Waals surface area (Å²) >= 11 is 0. The summed E-state index contributed by atoms with van der Waals surface area (Å²) in [6, 6.07) is 7.52. The van der Waals surface area contributed by atoms with Gasteiger partial charge in [-0.05, 0) is 29.7 Å². The maximum absolute atomic E-state index is 12.6. The Morgan fingerprint density at radius 1 is 1.17 bits per heavy atom. The summed E-state index contributed by atoms with van der Waals surface area (Å²) in [6.07, 6.45) is 3.00. The molecule has 0 unspecified atom stereocenters. The zero-order valence-electron chi connectivity index (χ0n) is 13.5. The molecule has 122 valence electrons. The van der Waals surface area contributed by atoms with E-state index in [1.54, 1.807) is 6.07 Å². The van der Waals surface area contributed by atoms with Crippen LogP contribution in [0.4, 0.5) is 0 Å². The van der Waals surface area contributed by atoms with Crippen LogP contribution in [0.2, 0.25) is 0 Å². The van der Waals surface area contributed by atoms with Crippen molar-refractivity contribution in [1.29, 1.82) is 0 Å². The minimum absolute atomic E-state index is 0.0256. The number of hydrogen-bond donors (Lipinski definition) is 0. The van der Waals surface area contributed by atoms with Crippen LogP contribution in [-0.4, -0.2) is 30.6 Å². The van der Waals surface area contributed by atoms with Crippen LogP contribution in [0.5, 0.6) is 11.5 Å². The van der Waals surface area contributed by atoms with Gasteiger partial charge in [-0.1, -0.05) is 19.9 Å². The Morgan fingerprint density at radius 2 is 1.96 bits per heavy atom. The van der Waals surface area contributed by atoms with Gasteiger partial charge < -0.3 is 18.8 Å². The van der Waals surface area contributed by atoms with Gasteiger partial charge in [0.1, 0.15) is 19.5 Å². The van der Waals surface area contributed by atoms with E-state index in [1.165, 1.54) is 12.5 Å². The van der Waals surface area contributed by atoms with E-state index in [0.717, 1.165) is 17.1 Å². The average molecular weight is 315 g/mol. The SMILES string of the molecule is CC(C)CN(Cc1ccc2c(c1)OCCO2)C(=O)c1ccoc1. The summed E-state index contributed by atoms with van der Waals surface area (Å²) in [6.45, 7) is 6.53. The molecule has 0 saturated carbocycles. The Balaban J connectivity index is 1.79. The summed E-state index contributed by atoms with van der Waals surface area (Å²) in [5.74, 6) is 1.86. The second-order valence-electron chi connectivity index (χ2n) is 6.07. The third-order valence-electron chi connectivity index (χ3n) is 3.62. The molecule has 0 aliphatic carbocycles. The molecule has 1 amide bonds. The molecule has 3 rings (SSSR count). The van der Waals surface area contributed by atoms with Crippen LogP contribution in [-0.2, 0) is 6.54 Å². The number of carbonyl (C=O) groups is 1. The number of benzene rings is 1. The van der Waals surface area contributed by atoms with E-state index in [0.29, 0.717) is 37.8 Å². The zero-order chi connectivity index (χ0) is 16.2. The Labute approximate surface area is 135 Å². The number of hydrogen-bond acceptors (Lipinski definition) is 4. The van der Waals surface area contributed by atoms with E-state index in [2.05, 4.69) is 13.8 Å². The predicted octanol–water partition coefficient (Wildman–Crippen LogP) is 3.35. The summed E-state index contributed by atoms with van der Waals surface area (Å²) in [7, 11) is 0. The second kappa shape index (κ2) is 6.77. The zero-order valence-corrected chi connectivity index (χ0v) is 13.5. The first-order valence-electron chi connectivity index (χ1n) is 7.83. The lowest BCUT2D eigenvalue weighted by Gasteiger charge is -2.25. The molecular formula is C18H21NO4. The highest BCUT2D eigenvalue weighted by atomic mass is 16.6. The number of amides is 1. The van der Waals surface area contributed by atoms with Crippen molar-refractivity contribution in [3.8, 4) is 11.5 Å². The fourth-order valence-corrected chi connectivity index (χ4v) is 2.64. The molecule has 0 radical (unpaired) electrons. The Hall–Kier alpha value is -2.43. The van der Waals surface area contributed by atoms with Gasteiger partial charge in [-0.2, -0.15) is 0 Å². The van der Waals surface area contributed by atoms with Crippen molar-refractivity contribution >= 4 is 5.91 Å². The minimum Gasteiger partial charge on any atom is -0.486 e. The van der Waals surface area contributed by atoms with Crippen molar-refractivity contribution in [1.82, 2.24) is 4.90 Å². The van der Waals surface area contributed by atoms with Crippen molar-refractivity contribution < 1.29 is 18.7 Å². The quantitative estimate of drug-likeness (QED) is 0.849. The van der Waals surface area contributed by atoms with E-state index < -0.39 is 0 Å². The fraction of sp³-hybridized carbons (Fsp3) is 0.389. The van der Waals surface area contributed by atoms with Crippen LogP contribution in [0.25, 0.3) is 0 Å². The summed E-state index contributed by atoms with van der Waals surface area (Å²) in [5.41, 5.74) is 1.59. The van der Waals surface area contributed by atoms with Crippen LogP contribution in [0.15, 0.2) is 41.2 Å². The number of fused-ring (bicyclic) bond motifs is 1. The first kappa shape index (κ1) is 15.5. The third-order valence-corrected chi connectivity index (χ3v) is 3.62. The molecule has 23 heavy (non-hydrogen) atoms. The van der Waals surface area contributed by atoms with Crippen LogP contribution >= 0.6 is 0 Å². The van der Waals surface area contributed by atoms with Crippen molar-refractivity contribution in [2.45, 2.75) is 20.4 Å². The molecule has 2 aromatic rings. The highest BCUT2D eigenvalue weighted by Gasteiger charge is 2.19. The maximum Gasteiger partial charge on any atom is 0.257 e.